The van der Waals surface area contributed by atoms with Crippen molar-refractivity contribution in [1.29, 1.82) is 0 Å². The number of aryl methyl sites for hydroxylation is 1. The summed E-state index contributed by atoms with van der Waals surface area (Å²) in [6, 6.07) is 7.18. The van der Waals surface area contributed by atoms with Crippen LogP contribution in [0.2, 0.25) is 0 Å². The Kier molecular flexibility index (Phi) is 4.90. The first-order valence-corrected chi connectivity index (χ1v) is 6.42. The normalized spacial score (nSPS) is 14.6. The number of carbonyl (C=O) groups excluding carboxylic acids is 1. The topological polar surface area (TPSA) is 52.3 Å². The van der Waals surface area contributed by atoms with Crippen LogP contribution < -0.4 is 5.73 Å². The second-order valence-electron chi connectivity index (χ2n) is 5.73. The zero-order valence-corrected chi connectivity index (χ0v) is 12.1. The molecule has 2 atom stereocenters. The highest BCUT2D eigenvalue weighted by Gasteiger charge is 2.28. The second-order valence-corrected chi connectivity index (χ2v) is 5.73. The van der Waals surface area contributed by atoms with E-state index in [2.05, 4.69) is 6.58 Å². The van der Waals surface area contributed by atoms with E-state index in [1.807, 2.05) is 52.0 Å². The first-order valence-electron chi connectivity index (χ1n) is 6.42. The van der Waals surface area contributed by atoms with E-state index in [1.54, 1.807) is 6.08 Å². The molecule has 0 radical (unpaired) electrons. The number of carbonyl (C=O) groups is 1. The highest BCUT2D eigenvalue weighted by molar-refractivity contribution is 5.77. The molecule has 0 spiro atoms. The number of hydrogen-bond donors (Lipinski definition) is 1. The van der Waals surface area contributed by atoms with Crippen molar-refractivity contribution in [3.05, 3.63) is 48.0 Å². The Morgan fingerprint density at radius 1 is 1.32 bits per heavy atom. The lowest BCUT2D eigenvalue weighted by Crippen LogP contribution is -2.41. The zero-order valence-electron chi connectivity index (χ0n) is 12.1. The SMILES string of the molecule is C=C[C@@H](c1ccc(C)cc1)[C@H](N)C(=O)OC(C)(C)C. The molecule has 0 bridgehead atoms. The van der Waals surface area contributed by atoms with Gasteiger partial charge >= 0.3 is 5.97 Å². The maximum atomic E-state index is 12.0. The summed E-state index contributed by atoms with van der Waals surface area (Å²) in [5.74, 6) is -0.645. The number of rotatable bonds is 4. The molecule has 0 saturated carbocycles. The fourth-order valence-corrected chi connectivity index (χ4v) is 1.80. The Hall–Kier alpha value is -1.61. The van der Waals surface area contributed by atoms with Crippen LogP contribution in [0.1, 0.15) is 37.8 Å². The van der Waals surface area contributed by atoms with Gasteiger partial charge in [0.1, 0.15) is 11.6 Å². The van der Waals surface area contributed by atoms with E-state index in [1.165, 1.54) is 0 Å². The Morgan fingerprint density at radius 3 is 2.26 bits per heavy atom. The Bertz CT molecular complexity index is 443. The zero-order chi connectivity index (χ0) is 14.6. The molecule has 0 unspecified atom stereocenters. The van der Waals surface area contributed by atoms with Crippen LogP contribution in [0, 0.1) is 6.92 Å². The monoisotopic (exact) mass is 261 g/mol. The predicted octanol–water partition coefficient (Wildman–Crippen LogP) is 2.93. The number of benzene rings is 1. The van der Waals surface area contributed by atoms with Gasteiger partial charge in [0.25, 0.3) is 0 Å². The van der Waals surface area contributed by atoms with Crippen molar-refractivity contribution in [2.75, 3.05) is 0 Å². The fraction of sp³-hybridized carbons (Fsp3) is 0.438. The van der Waals surface area contributed by atoms with E-state index in [4.69, 9.17) is 10.5 Å². The average molecular weight is 261 g/mol. The van der Waals surface area contributed by atoms with Gasteiger partial charge in [-0.15, -0.1) is 6.58 Å². The summed E-state index contributed by atoms with van der Waals surface area (Å²) in [6.45, 7) is 11.3. The van der Waals surface area contributed by atoms with Crippen molar-refractivity contribution in [2.45, 2.75) is 45.3 Å². The van der Waals surface area contributed by atoms with E-state index in [0.717, 1.165) is 11.1 Å². The lowest BCUT2D eigenvalue weighted by molar-refractivity contribution is -0.156. The standard InChI is InChI=1S/C16H23NO2/c1-6-13(12-9-7-11(2)8-10-12)14(17)15(18)19-16(3,4)5/h6-10,13-14H,1,17H2,2-5H3/t13-,14-/m0/s1. The fourth-order valence-electron chi connectivity index (χ4n) is 1.80. The van der Waals surface area contributed by atoms with Crippen molar-refractivity contribution in [1.82, 2.24) is 0 Å². The minimum absolute atomic E-state index is 0.240. The van der Waals surface area contributed by atoms with Crippen LogP contribution in [0.5, 0.6) is 0 Å². The van der Waals surface area contributed by atoms with Crippen molar-refractivity contribution < 1.29 is 9.53 Å². The van der Waals surface area contributed by atoms with Gasteiger partial charge in [0.05, 0.1) is 0 Å². The van der Waals surface area contributed by atoms with Gasteiger partial charge in [-0.25, -0.2) is 0 Å². The number of ether oxygens (including phenoxy) is 1. The molecule has 2 N–H and O–H groups in total. The summed E-state index contributed by atoms with van der Waals surface area (Å²) in [5, 5.41) is 0. The van der Waals surface area contributed by atoms with Crippen molar-refractivity contribution >= 4 is 5.97 Å². The van der Waals surface area contributed by atoms with Crippen molar-refractivity contribution in [3.63, 3.8) is 0 Å². The molecular formula is C16H23NO2. The lowest BCUT2D eigenvalue weighted by atomic mass is 9.91. The third kappa shape index (κ3) is 4.52. The van der Waals surface area contributed by atoms with Gasteiger partial charge in [0.2, 0.25) is 0 Å². The van der Waals surface area contributed by atoms with E-state index < -0.39 is 17.6 Å². The van der Waals surface area contributed by atoms with Gasteiger partial charge in [-0.05, 0) is 33.3 Å². The first-order chi connectivity index (χ1) is 8.74. The largest absolute Gasteiger partial charge is 0.459 e. The summed E-state index contributed by atoms with van der Waals surface area (Å²) in [6.07, 6.45) is 1.69. The minimum atomic E-state index is -0.737. The Morgan fingerprint density at radius 2 is 1.84 bits per heavy atom. The summed E-state index contributed by atoms with van der Waals surface area (Å²) in [7, 11) is 0. The molecule has 3 nitrogen and oxygen atoms in total. The molecule has 0 fully saturated rings. The van der Waals surface area contributed by atoms with Gasteiger partial charge in [0.15, 0.2) is 0 Å². The van der Waals surface area contributed by atoms with Gasteiger partial charge < -0.3 is 10.5 Å². The Balaban J connectivity index is 2.88. The minimum Gasteiger partial charge on any atom is -0.459 e. The van der Waals surface area contributed by atoms with Gasteiger partial charge in [-0.2, -0.15) is 0 Å². The number of esters is 1. The number of hydrogen-bond acceptors (Lipinski definition) is 3. The molecule has 1 aromatic rings. The van der Waals surface area contributed by atoms with Crippen LogP contribution >= 0.6 is 0 Å². The third-order valence-electron chi connectivity index (χ3n) is 2.78. The highest BCUT2D eigenvalue weighted by Crippen LogP contribution is 2.22. The quantitative estimate of drug-likeness (QED) is 0.669. The lowest BCUT2D eigenvalue weighted by Gasteiger charge is -2.25. The van der Waals surface area contributed by atoms with E-state index in [0.29, 0.717) is 0 Å². The molecular weight excluding hydrogens is 238 g/mol. The molecule has 0 saturated heterocycles. The molecule has 0 aliphatic rings. The summed E-state index contributed by atoms with van der Waals surface area (Å²) >= 11 is 0. The predicted molar refractivity (Wildman–Crippen MR) is 77.9 cm³/mol. The van der Waals surface area contributed by atoms with Crippen LogP contribution in [0.4, 0.5) is 0 Å². The molecule has 1 aromatic carbocycles. The molecule has 0 aliphatic heterocycles. The molecule has 0 aromatic heterocycles. The summed E-state index contributed by atoms with van der Waals surface area (Å²) < 4.78 is 5.32. The maximum absolute atomic E-state index is 12.0. The molecule has 104 valence electrons. The van der Waals surface area contributed by atoms with Crippen LogP contribution in [0.25, 0.3) is 0 Å². The van der Waals surface area contributed by atoms with E-state index >= 15 is 0 Å². The van der Waals surface area contributed by atoms with Crippen LogP contribution in [0.15, 0.2) is 36.9 Å². The molecule has 3 heteroatoms. The highest BCUT2D eigenvalue weighted by atomic mass is 16.6. The average Bonchev–Trinajstić information content (AvgIpc) is 2.30. The van der Waals surface area contributed by atoms with Crippen molar-refractivity contribution in [2.24, 2.45) is 5.73 Å². The maximum Gasteiger partial charge on any atom is 0.324 e. The van der Waals surface area contributed by atoms with Crippen LogP contribution in [-0.4, -0.2) is 17.6 Å². The van der Waals surface area contributed by atoms with E-state index in [-0.39, 0.29) is 5.92 Å². The molecule has 0 amide bonds. The van der Waals surface area contributed by atoms with Crippen LogP contribution in [0.3, 0.4) is 0 Å². The summed E-state index contributed by atoms with van der Waals surface area (Å²) in [4.78, 5) is 12.0. The molecule has 0 heterocycles. The molecule has 0 aliphatic carbocycles. The molecule has 19 heavy (non-hydrogen) atoms. The second kappa shape index (κ2) is 6.02. The molecule has 1 rings (SSSR count). The van der Waals surface area contributed by atoms with E-state index in [9.17, 15) is 4.79 Å². The van der Waals surface area contributed by atoms with Gasteiger partial charge in [0, 0.05) is 5.92 Å². The summed E-state index contributed by atoms with van der Waals surface area (Å²) in [5.41, 5.74) is 7.60. The van der Waals surface area contributed by atoms with Crippen LogP contribution in [-0.2, 0) is 9.53 Å². The first kappa shape index (κ1) is 15.4. The smallest absolute Gasteiger partial charge is 0.324 e. The third-order valence-corrected chi connectivity index (χ3v) is 2.78. The number of nitrogens with two attached hydrogens (primary N) is 1. The van der Waals surface area contributed by atoms with Crippen molar-refractivity contribution in [3.8, 4) is 0 Å². The Labute approximate surface area is 115 Å². The van der Waals surface area contributed by atoms with Gasteiger partial charge in [-0.3, -0.25) is 4.79 Å². The van der Waals surface area contributed by atoms with Gasteiger partial charge in [-0.1, -0.05) is 35.9 Å².